The summed E-state index contributed by atoms with van der Waals surface area (Å²) in [6.45, 7) is 0. The molecule has 0 aliphatic rings. The number of fused-ring (bicyclic) bond motifs is 5. The third-order valence-electron chi connectivity index (χ3n) is 9.36. The molecule has 47 heavy (non-hydrogen) atoms. The van der Waals surface area contributed by atoms with Gasteiger partial charge in [0.15, 0.2) is 0 Å². The number of benzene rings is 8. The van der Waals surface area contributed by atoms with Gasteiger partial charge < -0.3 is 4.57 Å². The fraction of sp³-hybridized carbons (Fsp3) is 0. The zero-order valence-corrected chi connectivity index (χ0v) is 25.8. The summed E-state index contributed by atoms with van der Waals surface area (Å²) < 4.78 is 2.46. The number of aromatic nitrogens is 1. The molecular weight excluding hydrogens is 567 g/mol. The van der Waals surface area contributed by atoms with Crippen molar-refractivity contribution in [2.24, 2.45) is 0 Å². The Morgan fingerprint density at radius 3 is 1.53 bits per heavy atom. The molecule has 0 bridgehead atoms. The van der Waals surface area contributed by atoms with Gasteiger partial charge in [0, 0.05) is 21.8 Å². The number of hydrogen-bond acceptors (Lipinski definition) is 0. The molecule has 0 unspecified atom stereocenters. The van der Waals surface area contributed by atoms with Crippen LogP contribution in [0.4, 0.5) is 0 Å². The molecule has 0 aliphatic carbocycles. The molecular formula is C46H31N. The van der Waals surface area contributed by atoms with E-state index in [-0.39, 0.29) is 0 Å². The van der Waals surface area contributed by atoms with Crippen LogP contribution in [-0.4, -0.2) is 4.57 Å². The van der Waals surface area contributed by atoms with E-state index in [1.54, 1.807) is 0 Å². The number of para-hydroxylation sites is 1. The highest BCUT2D eigenvalue weighted by molar-refractivity contribution is 6.18. The van der Waals surface area contributed by atoms with Crippen LogP contribution in [0.5, 0.6) is 0 Å². The van der Waals surface area contributed by atoms with Crippen molar-refractivity contribution in [3.8, 4) is 50.2 Å². The SMILES string of the molecule is c1ccc(-c2cc(-c3ccccc3)cc(-c3ccc(-n4c5ccccc5c5ccc6ccccc6c54)cc3-c3ccccc3)c2)cc1. The van der Waals surface area contributed by atoms with Crippen LogP contribution in [0.15, 0.2) is 188 Å². The van der Waals surface area contributed by atoms with Gasteiger partial charge in [-0.2, -0.15) is 0 Å². The Balaban J connectivity index is 1.33. The molecule has 1 nitrogen and oxygen atoms in total. The summed E-state index contributed by atoms with van der Waals surface area (Å²) >= 11 is 0. The fourth-order valence-corrected chi connectivity index (χ4v) is 7.16. The molecule has 1 heteroatoms. The van der Waals surface area contributed by atoms with E-state index in [0.717, 1.165) is 5.69 Å². The minimum Gasteiger partial charge on any atom is -0.309 e. The van der Waals surface area contributed by atoms with Gasteiger partial charge in [-0.1, -0.05) is 152 Å². The van der Waals surface area contributed by atoms with Gasteiger partial charge in [-0.05, 0) is 86.3 Å². The predicted octanol–water partition coefficient (Wildman–Crippen LogP) is 12.6. The van der Waals surface area contributed by atoms with Gasteiger partial charge >= 0.3 is 0 Å². The van der Waals surface area contributed by atoms with Crippen LogP contribution >= 0.6 is 0 Å². The Kier molecular flexibility index (Phi) is 6.54. The van der Waals surface area contributed by atoms with Crippen LogP contribution < -0.4 is 0 Å². The minimum absolute atomic E-state index is 1.15. The highest BCUT2D eigenvalue weighted by Crippen LogP contribution is 2.41. The Labute approximate surface area is 274 Å². The molecule has 9 aromatic rings. The molecule has 0 spiro atoms. The van der Waals surface area contributed by atoms with Crippen molar-refractivity contribution < 1.29 is 0 Å². The van der Waals surface area contributed by atoms with E-state index >= 15 is 0 Å². The second-order valence-electron chi connectivity index (χ2n) is 12.2. The summed E-state index contributed by atoms with van der Waals surface area (Å²) in [6.07, 6.45) is 0. The average molecular weight is 598 g/mol. The quantitative estimate of drug-likeness (QED) is 0.186. The smallest absolute Gasteiger partial charge is 0.0619 e. The Hall–Kier alpha value is -6.18. The van der Waals surface area contributed by atoms with Crippen LogP contribution in [0.2, 0.25) is 0 Å². The molecule has 0 saturated heterocycles. The van der Waals surface area contributed by atoms with Crippen molar-refractivity contribution in [3.05, 3.63) is 188 Å². The normalized spacial score (nSPS) is 11.4. The molecule has 0 fully saturated rings. The van der Waals surface area contributed by atoms with E-state index in [1.165, 1.54) is 77.1 Å². The first kappa shape index (κ1) is 27.2. The van der Waals surface area contributed by atoms with E-state index < -0.39 is 0 Å². The highest BCUT2D eigenvalue weighted by atomic mass is 15.0. The molecule has 8 aromatic carbocycles. The maximum atomic E-state index is 2.46. The lowest BCUT2D eigenvalue weighted by Crippen LogP contribution is -1.97. The second kappa shape index (κ2) is 11.3. The third kappa shape index (κ3) is 4.72. The lowest BCUT2D eigenvalue weighted by molar-refractivity contribution is 1.19. The van der Waals surface area contributed by atoms with Gasteiger partial charge in [-0.3, -0.25) is 0 Å². The summed E-state index contributed by atoms with van der Waals surface area (Å²) in [4.78, 5) is 0. The maximum absolute atomic E-state index is 2.46. The van der Waals surface area contributed by atoms with Crippen molar-refractivity contribution in [3.63, 3.8) is 0 Å². The second-order valence-corrected chi connectivity index (χ2v) is 12.2. The minimum atomic E-state index is 1.15. The maximum Gasteiger partial charge on any atom is 0.0619 e. The van der Waals surface area contributed by atoms with Crippen LogP contribution in [0.25, 0.3) is 82.8 Å². The number of hydrogen-bond donors (Lipinski definition) is 0. The van der Waals surface area contributed by atoms with E-state index in [4.69, 9.17) is 0 Å². The van der Waals surface area contributed by atoms with Crippen LogP contribution in [-0.2, 0) is 0 Å². The monoisotopic (exact) mass is 597 g/mol. The summed E-state index contributed by atoms with van der Waals surface area (Å²) in [5, 5.41) is 5.04. The molecule has 0 amide bonds. The van der Waals surface area contributed by atoms with Crippen molar-refractivity contribution in [2.45, 2.75) is 0 Å². The third-order valence-corrected chi connectivity index (χ3v) is 9.36. The molecule has 0 N–H and O–H groups in total. The van der Waals surface area contributed by atoms with E-state index in [1.807, 2.05) is 0 Å². The van der Waals surface area contributed by atoms with Gasteiger partial charge in [0.1, 0.15) is 0 Å². The summed E-state index contributed by atoms with van der Waals surface area (Å²) in [5.41, 5.74) is 13.2. The van der Waals surface area contributed by atoms with Gasteiger partial charge in [0.2, 0.25) is 0 Å². The summed E-state index contributed by atoms with van der Waals surface area (Å²) in [7, 11) is 0. The average Bonchev–Trinajstić information content (AvgIpc) is 3.50. The zero-order chi connectivity index (χ0) is 31.2. The lowest BCUT2D eigenvalue weighted by Gasteiger charge is -2.17. The van der Waals surface area contributed by atoms with Crippen LogP contribution in [0.3, 0.4) is 0 Å². The molecule has 1 heterocycles. The van der Waals surface area contributed by atoms with Crippen LogP contribution in [0, 0.1) is 0 Å². The van der Waals surface area contributed by atoms with Gasteiger partial charge in [0.25, 0.3) is 0 Å². The molecule has 0 saturated carbocycles. The van der Waals surface area contributed by atoms with Crippen molar-refractivity contribution >= 4 is 32.6 Å². The fourth-order valence-electron chi connectivity index (χ4n) is 7.16. The zero-order valence-electron chi connectivity index (χ0n) is 25.8. The van der Waals surface area contributed by atoms with Crippen molar-refractivity contribution in [2.75, 3.05) is 0 Å². The van der Waals surface area contributed by atoms with E-state index in [9.17, 15) is 0 Å². The predicted molar refractivity (Wildman–Crippen MR) is 200 cm³/mol. The summed E-state index contributed by atoms with van der Waals surface area (Å²) in [6, 6.07) is 68.3. The number of nitrogens with zero attached hydrogens (tertiary/aromatic N) is 1. The van der Waals surface area contributed by atoms with Crippen molar-refractivity contribution in [1.82, 2.24) is 4.57 Å². The molecule has 0 atom stereocenters. The Bertz CT molecular complexity index is 2480. The Morgan fingerprint density at radius 1 is 0.298 bits per heavy atom. The first-order valence-corrected chi connectivity index (χ1v) is 16.2. The Morgan fingerprint density at radius 2 is 0.851 bits per heavy atom. The molecule has 9 rings (SSSR count). The van der Waals surface area contributed by atoms with Crippen molar-refractivity contribution in [1.29, 1.82) is 0 Å². The standard InChI is InChI=1S/C46H31N/c1-4-14-32(15-5-1)36-28-37(33-16-6-2-7-17-33)30-38(29-36)40-27-25-39(31-44(40)34-18-8-3-9-19-34)47-45-23-13-12-22-42(45)43-26-24-35-20-10-11-21-41(35)46(43)47/h1-31H. The first-order valence-electron chi connectivity index (χ1n) is 16.2. The van der Waals surface area contributed by atoms with E-state index in [2.05, 4.69) is 193 Å². The topological polar surface area (TPSA) is 4.93 Å². The largest absolute Gasteiger partial charge is 0.309 e. The molecule has 0 radical (unpaired) electrons. The van der Waals surface area contributed by atoms with Gasteiger partial charge in [0.05, 0.1) is 11.0 Å². The molecule has 0 aliphatic heterocycles. The number of rotatable bonds is 5. The highest BCUT2D eigenvalue weighted by Gasteiger charge is 2.18. The van der Waals surface area contributed by atoms with E-state index in [0.29, 0.717) is 0 Å². The van der Waals surface area contributed by atoms with Gasteiger partial charge in [-0.25, -0.2) is 0 Å². The first-order chi connectivity index (χ1) is 23.3. The molecule has 220 valence electrons. The summed E-state index contributed by atoms with van der Waals surface area (Å²) in [5.74, 6) is 0. The molecule has 1 aromatic heterocycles. The van der Waals surface area contributed by atoms with Gasteiger partial charge in [-0.15, -0.1) is 0 Å². The lowest BCUT2D eigenvalue weighted by atomic mass is 9.89. The van der Waals surface area contributed by atoms with Crippen LogP contribution in [0.1, 0.15) is 0 Å².